The van der Waals surface area contributed by atoms with Gasteiger partial charge in [0.2, 0.25) is 0 Å². The van der Waals surface area contributed by atoms with E-state index in [2.05, 4.69) is 23.3 Å². The molecule has 1 heterocycles. The Morgan fingerprint density at radius 1 is 1.64 bits per heavy atom. The van der Waals surface area contributed by atoms with Gasteiger partial charge in [-0.25, -0.2) is 4.98 Å². The Hall–Kier alpha value is -1.40. The van der Waals surface area contributed by atoms with Crippen molar-refractivity contribution in [1.29, 1.82) is 5.26 Å². The van der Waals surface area contributed by atoms with E-state index in [0.29, 0.717) is 11.2 Å². The number of nitrogens with one attached hydrogen (secondary N) is 1. The van der Waals surface area contributed by atoms with E-state index in [1.165, 1.54) is 12.8 Å². The van der Waals surface area contributed by atoms with Gasteiger partial charge in [-0.15, -0.1) is 0 Å². The predicted molar refractivity (Wildman–Crippen MR) is 53.4 cm³/mol. The summed E-state index contributed by atoms with van der Waals surface area (Å²) in [5.41, 5.74) is 1.83. The molecule has 0 aromatic carbocycles. The minimum absolute atomic E-state index is 0.308. The molecule has 0 bridgehead atoms. The van der Waals surface area contributed by atoms with Crippen LogP contribution in [0.15, 0.2) is 18.3 Å². The maximum absolute atomic E-state index is 8.82. The Morgan fingerprint density at radius 3 is 3.07 bits per heavy atom. The minimum atomic E-state index is 0.308. The number of hydrogen-bond acceptors (Lipinski definition) is 3. The first-order valence-corrected chi connectivity index (χ1v) is 4.82. The zero-order chi connectivity index (χ0) is 10.0. The molecule has 1 aliphatic rings. The molecule has 3 heteroatoms. The lowest BCUT2D eigenvalue weighted by Gasteiger charge is -2.11. The van der Waals surface area contributed by atoms with Crippen molar-refractivity contribution < 1.29 is 0 Å². The van der Waals surface area contributed by atoms with Gasteiger partial charge in [0.1, 0.15) is 11.8 Å². The van der Waals surface area contributed by atoms with Crippen LogP contribution in [-0.2, 0) is 6.54 Å². The molecule has 0 unspecified atom stereocenters. The maximum atomic E-state index is 8.82. The standard InChI is InChI=1S/C11H13N3/c1-11(4-5-11)14-8-9-3-2-6-13-10(9)7-12/h2-3,6,14H,4-5,8H2,1H3. The minimum Gasteiger partial charge on any atom is -0.307 e. The lowest BCUT2D eigenvalue weighted by molar-refractivity contribution is 0.536. The van der Waals surface area contributed by atoms with Crippen LogP contribution in [0, 0.1) is 11.3 Å². The molecular formula is C11H13N3. The second-order valence-corrected chi connectivity index (χ2v) is 4.04. The van der Waals surface area contributed by atoms with Crippen LogP contribution in [0.25, 0.3) is 0 Å². The molecule has 0 aliphatic heterocycles. The number of rotatable bonds is 3. The zero-order valence-electron chi connectivity index (χ0n) is 8.25. The molecular weight excluding hydrogens is 174 g/mol. The van der Waals surface area contributed by atoms with Crippen molar-refractivity contribution in [2.45, 2.75) is 31.8 Å². The fraction of sp³-hybridized carbons (Fsp3) is 0.455. The fourth-order valence-corrected chi connectivity index (χ4v) is 1.35. The number of pyridine rings is 1. The summed E-state index contributed by atoms with van der Waals surface area (Å²) in [5.74, 6) is 0. The summed E-state index contributed by atoms with van der Waals surface area (Å²) in [6.45, 7) is 2.95. The fourth-order valence-electron chi connectivity index (χ4n) is 1.35. The Labute approximate surface area is 83.8 Å². The van der Waals surface area contributed by atoms with Crippen molar-refractivity contribution in [3.05, 3.63) is 29.6 Å². The van der Waals surface area contributed by atoms with Gasteiger partial charge in [-0.1, -0.05) is 6.07 Å². The van der Waals surface area contributed by atoms with E-state index in [4.69, 9.17) is 5.26 Å². The highest BCUT2D eigenvalue weighted by Crippen LogP contribution is 2.34. The van der Waals surface area contributed by atoms with E-state index in [9.17, 15) is 0 Å². The third-order valence-corrected chi connectivity index (χ3v) is 2.70. The van der Waals surface area contributed by atoms with Gasteiger partial charge in [0, 0.05) is 23.8 Å². The molecule has 1 saturated carbocycles. The summed E-state index contributed by atoms with van der Waals surface area (Å²) >= 11 is 0. The monoisotopic (exact) mass is 187 g/mol. The van der Waals surface area contributed by atoms with Crippen LogP contribution in [-0.4, -0.2) is 10.5 Å². The van der Waals surface area contributed by atoms with E-state index in [0.717, 1.165) is 12.1 Å². The molecule has 1 aromatic rings. The van der Waals surface area contributed by atoms with E-state index < -0.39 is 0 Å². The molecule has 2 rings (SSSR count). The smallest absolute Gasteiger partial charge is 0.144 e. The molecule has 72 valence electrons. The van der Waals surface area contributed by atoms with Crippen LogP contribution in [0.3, 0.4) is 0 Å². The largest absolute Gasteiger partial charge is 0.307 e. The highest BCUT2D eigenvalue weighted by atomic mass is 15.0. The Bertz CT molecular complexity index is 374. The van der Waals surface area contributed by atoms with Gasteiger partial charge in [0.15, 0.2) is 0 Å². The SMILES string of the molecule is CC1(NCc2cccnc2C#N)CC1. The number of nitriles is 1. The second kappa shape index (κ2) is 3.39. The molecule has 0 saturated heterocycles. The molecule has 1 aliphatic carbocycles. The number of hydrogen-bond donors (Lipinski definition) is 1. The number of aromatic nitrogens is 1. The Morgan fingerprint density at radius 2 is 2.43 bits per heavy atom. The molecule has 3 nitrogen and oxygen atoms in total. The predicted octanol–water partition coefficient (Wildman–Crippen LogP) is 1.60. The summed E-state index contributed by atoms with van der Waals surface area (Å²) in [5, 5.41) is 12.3. The van der Waals surface area contributed by atoms with E-state index >= 15 is 0 Å². The summed E-state index contributed by atoms with van der Waals surface area (Å²) in [6, 6.07) is 5.92. The lowest BCUT2D eigenvalue weighted by atomic mass is 10.2. The van der Waals surface area contributed by atoms with Crippen molar-refractivity contribution in [2.75, 3.05) is 0 Å². The summed E-state index contributed by atoms with van der Waals surface area (Å²) in [4.78, 5) is 4.02. The van der Waals surface area contributed by atoms with Crippen molar-refractivity contribution >= 4 is 0 Å². The van der Waals surface area contributed by atoms with Gasteiger partial charge >= 0.3 is 0 Å². The first kappa shape index (κ1) is 9.17. The van der Waals surface area contributed by atoms with Crippen molar-refractivity contribution in [3.63, 3.8) is 0 Å². The Kier molecular flexibility index (Phi) is 2.22. The van der Waals surface area contributed by atoms with Crippen molar-refractivity contribution in [1.82, 2.24) is 10.3 Å². The summed E-state index contributed by atoms with van der Waals surface area (Å²) in [7, 11) is 0. The van der Waals surface area contributed by atoms with Crippen LogP contribution in [0.4, 0.5) is 0 Å². The summed E-state index contributed by atoms with van der Waals surface area (Å²) < 4.78 is 0. The van der Waals surface area contributed by atoms with Gasteiger partial charge in [-0.2, -0.15) is 5.26 Å². The third kappa shape index (κ3) is 1.91. The van der Waals surface area contributed by atoms with Gasteiger partial charge in [0.05, 0.1) is 0 Å². The van der Waals surface area contributed by atoms with Gasteiger partial charge in [0.25, 0.3) is 0 Å². The van der Waals surface area contributed by atoms with Crippen LogP contribution >= 0.6 is 0 Å². The van der Waals surface area contributed by atoms with E-state index in [1.807, 2.05) is 12.1 Å². The van der Waals surface area contributed by atoms with E-state index in [1.54, 1.807) is 6.20 Å². The lowest BCUT2D eigenvalue weighted by Crippen LogP contribution is -2.27. The average Bonchev–Trinajstić information content (AvgIpc) is 2.95. The third-order valence-electron chi connectivity index (χ3n) is 2.70. The van der Waals surface area contributed by atoms with Crippen LogP contribution in [0.5, 0.6) is 0 Å². The first-order valence-electron chi connectivity index (χ1n) is 4.82. The summed E-state index contributed by atoms with van der Waals surface area (Å²) in [6.07, 6.45) is 4.12. The molecule has 0 spiro atoms. The molecule has 14 heavy (non-hydrogen) atoms. The van der Waals surface area contributed by atoms with Crippen LogP contribution in [0.2, 0.25) is 0 Å². The molecule has 0 radical (unpaired) electrons. The first-order chi connectivity index (χ1) is 6.73. The van der Waals surface area contributed by atoms with Gasteiger partial charge < -0.3 is 5.32 Å². The molecule has 1 N–H and O–H groups in total. The molecule has 0 amide bonds. The van der Waals surface area contributed by atoms with Crippen LogP contribution in [0.1, 0.15) is 31.0 Å². The second-order valence-electron chi connectivity index (χ2n) is 4.04. The number of nitrogens with zero attached hydrogens (tertiary/aromatic N) is 2. The molecule has 0 atom stereocenters. The average molecular weight is 187 g/mol. The molecule has 1 fully saturated rings. The van der Waals surface area contributed by atoms with Crippen molar-refractivity contribution in [2.24, 2.45) is 0 Å². The zero-order valence-corrected chi connectivity index (χ0v) is 8.25. The van der Waals surface area contributed by atoms with E-state index in [-0.39, 0.29) is 0 Å². The molecule has 1 aromatic heterocycles. The van der Waals surface area contributed by atoms with Gasteiger partial charge in [-0.3, -0.25) is 0 Å². The topological polar surface area (TPSA) is 48.7 Å². The highest BCUT2D eigenvalue weighted by molar-refractivity contribution is 5.30. The quantitative estimate of drug-likeness (QED) is 0.781. The highest BCUT2D eigenvalue weighted by Gasteiger charge is 2.36. The Balaban J connectivity index is 2.05. The van der Waals surface area contributed by atoms with Crippen LogP contribution < -0.4 is 5.32 Å². The normalized spacial score (nSPS) is 17.4. The maximum Gasteiger partial charge on any atom is 0.144 e. The van der Waals surface area contributed by atoms with Crippen molar-refractivity contribution in [3.8, 4) is 6.07 Å². The van der Waals surface area contributed by atoms with Gasteiger partial charge in [-0.05, 0) is 25.8 Å².